The predicted molar refractivity (Wildman–Crippen MR) is 74.0 cm³/mol. The van der Waals surface area contributed by atoms with Gasteiger partial charge in [0, 0.05) is 19.4 Å². The molecule has 0 spiro atoms. The van der Waals surface area contributed by atoms with Gasteiger partial charge in [0.25, 0.3) is 5.91 Å². The molecule has 0 bridgehead atoms. The van der Waals surface area contributed by atoms with E-state index < -0.39 is 0 Å². The quantitative estimate of drug-likeness (QED) is 0.795. The number of imidazole rings is 1. The van der Waals surface area contributed by atoms with Crippen molar-refractivity contribution in [1.29, 1.82) is 0 Å². The first-order chi connectivity index (χ1) is 9.24. The summed E-state index contributed by atoms with van der Waals surface area (Å²) in [6.07, 6.45) is 3.41. The van der Waals surface area contributed by atoms with Crippen LogP contribution in [0, 0.1) is 0 Å². The van der Waals surface area contributed by atoms with Crippen molar-refractivity contribution in [1.82, 2.24) is 19.9 Å². The smallest absolute Gasteiger partial charge is 0.283 e. The molecule has 0 saturated heterocycles. The molecule has 0 saturated carbocycles. The zero-order valence-corrected chi connectivity index (χ0v) is 11.1. The summed E-state index contributed by atoms with van der Waals surface area (Å²) in [6.45, 7) is 0.446. The third-order valence-corrected chi connectivity index (χ3v) is 3.79. The second-order valence-electron chi connectivity index (χ2n) is 4.18. The molecule has 96 valence electrons. The lowest BCUT2D eigenvalue weighted by molar-refractivity contribution is 0.0781. The molecule has 0 aliphatic rings. The van der Waals surface area contributed by atoms with Crippen LogP contribution in [0.2, 0.25) is 0 Å². The Morgan fingerprint density at radius 1 is 1.42 bits per heavy atom. The molecule has 0 aliphatic carbocycles. The molecule has 0 aliphatic heterocycles. The molecule has 3 aromatic rings. The average molecular weight is 272 g/mol. The van der Waals surface area contributed by atoms with Crippen LogP contribution >= 0.6 is 11.3 Å². The number of para-hydroxylation sites is 1. The Morgan fingerprint density at radius 3 is 3.00 bits per heavy atom. The lowest BCUT2D eigenvalue weighted by atomic mass is 10.3. The maximum Gasteiger partial charge on any atom is 0.283 e. The molecule has 6 heteroatoms. The van der Waals surface area contributed by atoms with E-state index in [2.05, 4.69) is 15.0 Å². The molecule has 5 nitrogen and oxygen atoms in total. The highest BCUT2D eigenvalue weighted by Crippen LogP contribution is 2.22. The van der Waals surface area contributed by atoms with Crippen LogP contribution in [0.3, 0.4) is 0 Å². The number of benzene rings is 1. The van der Waals surface area contributed by atoms with E-state index in [4.69, 9.17) is 0 Å². The van der Waals surface area contributed by atoms with Gasteiger partial charge in [-0.1, -0.05) is 12.1 Å². The van der Waals surface area contributed by atoms with Gasteiger partial charge >= 0.3 is 0 Å². The van der Waals surface area contributed by atoms with E-state index in [0.29, 0.717) is 11.6 Å². The minimum atomic E-state index is -0.0856. The monoisotopic (exact) mass is 272 g/mol. The highest BCUT2D eigenvalue weighted by atomic mass is 32.1. The molecule has 2 heterocycles. The summed E-state index contributed by atoms with van der Waals surface area (Å²) in [5.74, 6) is 0.676. The number of amides is 1. The van der Waals surface area contributed by atoms with Crippen LogP contribution < -0.4 is 0 Å². The van der Waals surface area contributed by atoms with Crippen LogP contribution in [-0.4, -0.2) is 32.8 Å². The molecule has 1 N–H and O–H groups in total. The Hall–Kier alpha value is -2.21. The number of fused-ring (bicyclic) bond motifs is 1. The van der Waals surface area contributed by atoms with E-state index in [9.17, 15) is 4.79 Å². The van der Waals surface area contributed by atoms with E-state index in [1.807, 2.05) is 24.3 Å². The van der Waals surface area contributed by atoms with E-state index >= 15 is 0 Å². The van der Waals surface area contributed by atoms with Crippen molar-refractivity contribution in [3.05, 3.63) is 47.5 Å². The van der Waals surface area contributed by atoms with Crippen molar-refractivity contribution < 1.29 is 4.79 Å². The van der Waals surface area contributed by atoms with Crippen molar-refractivity contribution in [3.63, 3.8) is 0 Å². The molecule has 1 aromatic carbocycles. The number of aromatic nitrogens is 3. The van der Waals surface area contributed by atoms with Gasteiger partial charge in [0.1, 0.15) is 5.82 Å². The third-order valence-electron chi connectivity index (χ3n) is 2.77. The summed E-state index contributed by atoms with van der Waals surface area (Å²) in [5, 5.41) is 0.509. The predicted octanol–water partition coefficient (Wildman–Crippen LogP) is 2.29. The largest absolute Gasteiger partial charge is 0.347 e. The first-order valence-electron chi connectivity index (χ1n) is 5.83. The number of rotatable bonds is 3. The fourth-order valence-corrected chi connectivity index (χ4v) is 2.77. The number of nitrogens with one attached hydrogen (secondary N) is 1. The first-order valence-corrected chi connectivity index (χ1v) is 6.65. The standard InChI is InChI=1S/C13H12N4OS/c1-17(8-11-14-6-7-15-11)13(18)12-16-9-4-2-3-5-10(9)19-12/h2-7H,8H2,1H3,(H,14,15). The fourth-order valence-electron chi connectivity index (χ4n) is 1.81. The van der Waals surface area contributed by atoms with Crippen LogP contribution in [0.1, 0.15) is 15.6 Å². The van der Waals surface area contributed by atoms with Gasteiger partial charge in [-0.05, 0) is 12.1 Å². The second-order valence-corrected chi connectivity index (χ2v) is 5.21. The van der Waals surface area contributed by atoms with Gasteiger partial charge in [-0.15, -0.1) is 11.3 Å². The number of thiazole rings is 1. The van der Waals surface area contributed by atoms with Gasteiger partial charge in [0.15, 0.2) is 5.01 Å². The van der Waals surface area contributed by atoms with E-state index in [0.717, 1.165) is 16.0 Å². The SMILES string of the molecule is CN(Cc1ncc[nH]1)C(=O)c1nc2ccccc2s1. The Morgan fingerprint density at radius 2 is 2.26 bits per heavy atom. The molecule has 1 amide bonds. The van der Waals surface area contributed by atoms with Crippen molar-refractivity contribution in [3.8, 4) is 0 Å². The minimum absolute atomic E-state index is 0.0856. The lowest BCUT2D eigenvalue weighted by Crippen LogP contribution is -2.26. The Labute approximate surface area is 113 Å². The summed E-state index contributed by atoms with van der Waals surface area (Å²) in [6, 6.07) is 7.75. The van der Waals surface area contributed by atoms with Crippen molar-refractivity contribution in [2.45, 2.75) is 6.54 Å². The molecule has 0 fully saturated rings. The number of carbonyl (C=O) groups excluding carboxylic acids is 1. The van der Waals surface area contributed by atoms with Gasteiger partial charge in [0.05, 0.1) is 16.8 Å². The summed E-state index contributed by atoms with van der Waals surface area (Å²) < 4.78 is 1.03. The highest BCUT2D eigenvalue weighted by Gasteiger charge is 2.17. The number of hydrogen-bond acceptors (Lipinski definition) is 4. The molecule has 3 rings (SSSR count). The summed E-state index contributed by atoms with van der Waals surface area (Å²) in [7, 11) is 1.75. The first kappa shape index (κ1) is 11.9. The molecule has 0 radical (unpaired) electrons. The van der Waals surface area contributed by atoms with Crippen LogP contribution in [0.5, 0.6) is 0 Å². The van der Waals surface area contributed by atoms with E-state index in [1.54, 1.807) is 24.3 Å². The van der Waals surface area contributed by atoms with E-state index in [1.165, 1.54) is 11.3 Å². The normalized spacial score (nSPS) is 10.8. The van der Waals surface area contributed by atoms with Crippen LogP contribution in [0.15, 0.2) is 36.7 Å². The van der Waals surface area contributed by atoms with Crippen LogP contribution in [0.25, 0.3) is 10.2 Å². The van der Waals surface area contributed by atoms with Crippen LogP contribution in [-0.2, 0) is 6.54 Å². The van der Waals surface area contributed by atoms with Gasteiger partial charge in [-0.2, -0.15) is 0 Å². The minimum Gasteiger partial charge on any atom is -0.347 e. The highest BCUT2D eigenvalue weighted by molar-refractivity contribution is 7.20. The molecular weight excluding hydrogens is 260 g/mol. The van der Waals surface area contributed by atoms with Crippen molar-refractivity contribution in [2.75, 3.05) is 7.05 Å². The zero-order chi connectivity index (χ0) is 13.2. The Balaban J connectivity index is 1.82. The average Bonchev–Trinajstić information content (AvgIpc) is 3.05. The molecule has 2 aromatic heterocycles. The van der Waals surface area contributed by atoms with Gasteiger partial charge < -0.3 is 9.88 Å². The Bertz CT molecular complexity index is 671. The molecular formula is C13H12N4OS. The van der Waals surface area contributed by atoms with Gasteiger partial charge in [-0.3, -0.25) is 4.79 Å². The van der Waals surface area contributed by atoms with E-state index in [-0.39, 0.29) is 5.91 Å². The van der Waals surface area contributed by atoms with Crippen LogP contribution in [0.4, 0.5) is 0 Å². The molecule has 19 heavy (non-hydrogen) atoms. The number of carbonyl (C=O) groups is 1. The number of H-pyrrole nitrogens is 1. The maximum absolute atomic E-state index is 12.3. The lowest BCUT2D eigenvalue weighted by Gasteiger charge is -2.13. The number of nitrogens with zero attached hydrogens (tertiary/aromatic N) is 3. The van der Waals surface area contributed by atoms with Crippen molar-refractivity contribution >= 4 is 27.5 Å². The summed E-state index contributed by atoms with van der Waals surface area (Å²) in [5.41, 5.74) is 0.863. The fraction of sp³-hybridized carbons (Fsp3) is 0.154. The van der Waals surface area contributed by atoms with Gasteiger partial charge in [-0.25, -0.2) is 9.97 Å². The number of hydrogen-bond donors (Lipinski definition) is 1. The Kier molecular flexibility index (Phi) is 3.00. The topological polar surface area (TPSA) is 61.9 Å². The summed E-state index contributed by atoms with van der Waals surface area (Å²) in [4.78, 5) is 25.3. The zero-order valence-electron chi connectivity index (χ0n) is 10.3. The molecule has 0 unspecified atom stereocenters. The second kappa shape index (κ2) is 4.81. The van der Waals surface area contributed by atoms with Crippen molar-refractivity contribution in [2.24, 2.45) is 0 Å². The number of aromatic amines is 1. The molecule has 0 atom stereocenters. The maximum atomic E-state index is 12.3. The third kappa shape index (κ3) is 2.34. The van der Waals surface area contributed by atoms with Gasteiger partial charge in [0.2, 0.25) is 0 Å². The summed E-state index contributed by atoms with van der Waals surface area (Å²) >= 11 is 1.41.